The summed E-state index contributed by atoms with van der Waals surface area (Å²) < 4.78 is 18.9. The van der Waals surface area contributed by atoms with Crippen molar-refractivity contribution in [3.63, 3.8) is 0 Å². The zero-order valence-electron chi connectivity index (χ0n) is 12.1. The number of benzene rings is 1. The van der Waals surface area contributed by atoms with Gasteiger partial charge in [-0.05, 0) is 32.9 Å². The molecule has 2 rings (SSSR count). The highest BCUT2D eigenvalue weighted by atomic mass is 19.1. The Bertz CT molecular complexity index is 619. The number of fused-ring (bicyclic) bond motifs is 1. The minimum Gasteiger partial charge on any atom is -0.460 e. The Hall–Kier alpha value is -2.24. The molecular weight excluding hydrogens is 277 g/mol. The molecule has 0 spiro atoms. The number of rotatable bonds is 3. The van der Waals surface area contributed by atoms with Crippen LogP contribution in [0.1, 0.15) is 37.6 Å². The van der Waals surface area contributed by atoms with Crippen molar-refractivity contribution in [2.24, 2.45) is 0 Å². The van der Waals surface area contributed by atoms with Crippen LogP contribution in [0.4, 0.5) is 10.1 Å². The Morgan fingerprint density at radius 3 is 2.57 bits per heavy atom. The van der Waals surface area contributed by atoms with E-state index in [2.05, 4.69) is 0 Å². The number of esters is 1. The fourth-order valence-corrected chi connectivity index (χ4v) is 2.12. The minimum absolute atomic E-state index is 0.0317. The lowest BCUT2D eigenvalue weighted by molar-refractivity contribution is -0.154. The molecule has 1 amide bonds. The van der Waals surface area contributed by atoms with Crippen LogP contribution in [0.25, 0.3) is 0 Å². The molecule has 1 aromatic carbocycles. The third-order valence-electron chi connectivity index (χ3n) is 2.90. The number of hydrogen-bond acceptors (Lipinski definition) is 4. The summed E-state index contributed by atoms with van der Waals surface area (Å²) in [7, 11) is 0. The molecular formula is C15H16FNO4. The third kappa shape index (κ3) is 3.09. The van der Waals surface area contributed by atoms with E-state index < -0.39 is 29.1 Å². The molecule has 0 aliphatic carbocycles. The van der Waals surface area contributed by atoms with Gasteiger partial charge in [0.05, 0.1) is 17.7 Å². The molecule has 0 saturated carbocycles. The molecule has 5 nitrogen and oxygen atoms in total. The van der Waals surface area contributed by atoms with Crippen molar-refractivity contribution >= 4 is 23.3 Å². The summed E-state index contributed by atoms with van der Waals surface area (Å²) in [6.45, 7) is 5.09. The standard InChI is InChI=1S/C15H16FNO4/c1-15(2,3)21-11(18)7-8-17-12-9(13(19)14(17)20)5-4-6-10(12)16/h4-6H,7-8H2,1-3H3. The van der Waals surface area contributed by atoms with Gasteiger partial charge in [-0.25, -0.2) is 4.39 Å². The fourth-order valence-electron chi connectivity index (χ4n) is 2.12. The molecule has 0 radical (unpaired) electrons. The van der Waals surface area contributed by atoms with Crippen molar-refractivity contribution in [3.05, 3.63) is 29.6 Å². The van der Waals surface area contributed by atoms with Crippen molar-refractivity contribution in [2.45, 2.75) is 32.8 Å². The predicted molar refractivity (Wildman–Crippen MR) is 73.5 cm³/mol. The first-order chi connectivity index (χ1) is 9.70. The first-order valence-corrected chi connectivity index (χ1v) is 6.57. The first-order valence-electron chi connectivity index (χ1n) is 6.57. The molecule has 1 aromatic rings. The Morgan fingerprint density at radius 2 is 1.95 bits per heavy atom. The molecule has 0 atom stereocenters. The Kier molecular flexibility index (Phi) is 3.80. The van der Waals surface area contributed by atoms with Crippen LogP contribution in [0.2, 0.25) is 0 Å². The summed E-state index contributed by atoms with van der Waals surface area (Å²) in [5, 5.41) is 0. The molecule has 1 aliphatic heterocycles. The van der Waals surface area contributed by atoms with E-state index in [1.54, 1.807) is 20.8 Å². The largest absolute Gasteiger partial charge is 0.460 e. The van der Waals surface area contributed by atoms with Gasteiger partial charge >= 0.3 is 5.97 Å². The van der Waals surface area contributed by atoms with Crippen molar-refractivity contribution in [3.8, 4) is 0 Å². The van der Waals surface area contributed by atoms with Gasteiger partial charge in [0.2, 0.25) is 0 Å². The zero-order valence-corrected chi connectivity index (χ0v) is 12.1. The summed E-state index contributed by atoms with van der Waals surface area (Å²) in [6.07, 6.45) is -0.107. The fraction of sp³-hybridized carbons (Fsp3) is 0.400. The quantitative estimate of drug-likeness (QED) is 0.632. The lowest BCUT2D eigenvalue weighted by Gasteiger charge is -2.21. The minimum atomic E-state index is -0.821. The summed E-state index contributed by atoms with van der Waals surface area (Å²) in [5.41, 5.74) is -0.661. The average Bonchev–Trinajstić information content (AvgIpc) is 2.60. The van der Waals surface area contributed by atoms with Crippen molar-refractivity contribution in [1.82, 2.24) is 0 Å². The van der Waals surface area contributed by atoms with Crippen LogP contribution in [0.15, 0.2) is 18.2 Å². The Labute approximate surface area is 121 Å². The second-order valence-corrected chi connectivity index (χ2v) is 5.76. The number of halogens is 1. The van der Waals surface area contributed by atoms with Gasteiger partial charge in [-0.3, -0.25) is 14.4 Å². The molecule has 1 aliphatic rings. The lowest BCUT2D eigenvalue weighted by Crippen LogP contribution is -2.33. The maximum Gasteiger partial charge on any atom is 0.308 e. The van der Waals surface area contributed by atoms with Gasteiger partial charge in [-0.15, -0.1) is 0 Å². The van der Waals surface area contributed by atoms with Gasteiger partial charge in [-0.2, -0.15) is 0 Å². The van der Waals surface area contributed by atoms with E-state index in [-0.39, 0.29) is 24.2 Å². The molecule has 0 bridgehead atoms. The summed E-state index contributed by atoms with van der Waals surface area (Å²) in [5.74, 6) is -2.74. The van der Waals surface area contributed by atoms with Crippen LogP contribution in [-0.2, 0) is 14.3 Å². The van der Waals surface area contributed by atoms with Crippen molar-refractivity contribution < 1.29 is 23.5 Å². The van der Waals surface area contributed by atoms with E-state index >= 15 is 0 Å². The molecule has 1 heterocycles. The molecule has 0 aromatic heterocycles. The van der Waals surface area contributed by atoms with E-state index in [4.69, 9.17) is 4.74 Å². The second-order valence-electron chi connectivity index (χ2n) is 5.76. The Balaban J connectivity index is 2.14. The lowest BCUT2D eigenvalue weighted by atomic mass is 10.1. The van der Waals surface area contributed by atoms with Crippen LogP contribution >= 0.6 is 0 Å². The van der Waals surface area contributed by atoms with Crippen molar-refractivity contribution in [2.75, 3.05) is 11.4 Å². The average molecular weight is 293 g/mol. The van der Waals surface area contributed by atoms with Crippen LogP contribution in [-0.4, -0.2) is 29.8 Å². The van der Waals surface area contributed by atoms with Crippen LogP contribution in [0, 0.1) is 5.82 Å². The third-order valence-corrected chi connectivity index (χ3v) is 2.90. The van der Waals surface area contributed by atoms with Crippen molar-refractivity contribution in [1.29, 1.82) is 0 Å². The van der Waals surface area contributed by atoms with Gasteiger partial charge in [0, 0.05) is 6.54 Å². The highest BCUT2D eigenvalue weighted by Gasteiger charge is 2.38. The van der Waals surface area contributed by atoms with Crippen LogP contribution in [0.3, 0.4) is 0 Å². The number of ketones is 1. The SMILES string of the molecule is CC(C)(C)OC(=O)CCN1C(=O)C(=O)c2cccc(F)c21. The summed E-state index contributed by atoms with van der Waals surface area (Å²) >= 11 is 0. The normalized spacial score (nSPS) is 14.4. The van der Waals surface area contributed by atoms with E-state index in [0.29, 0.717) is 0 Å². The number of hydrogen-bond donors (Lipinski definition) is 0. The van der Waals surface area contributed by atoms with Gasteiger partial charge in [0.25, 0.3) is 11.7 Å². The summed E-state index contributed by atoms with van der Waals surface area (Å²) in [4.78, 5) is 36.3. The number of ether oxygens (including phenoxy) is 1. The molecule has 6 heteroatoms. The molecule has 0 unspecified atom stereocenters. The second kappa shape index (κ2) is 5.27. The number of Topliss-reactive ketones (excluding diaryl/α,β-unsaturated/α-hetero) is 1. The molecule has 0 saturated heterocycles. The maximum atomic E-state index is 13.8. The highest BCUT2D eigenvalue weighted by molar-refractivity contribution is 6.52. The molecule has 21 heavy (non-hydrogen) atoms. The van der Waals surface area contributed by atoms with E-state index in [1.807, 2.05) is 0 Å². The van der Waals surface area contributed by atoms with Gasteiger partial charge in [0.1, 0.15) is 11.4 Å². The highest BCUT2D eigenvalue weighted by Crippen LogP contribution is 2.31. The van der Waals surface area contributed by atoms with Crippen LogP contribution in [0.5, 0.6) is 0 Å². The van der Waals surface area contributed by atoms with E-state index in [9.17, 15) is 18.8 Å². The molecule has 0 fully saturated rings. The number of amides is 1. The Morgan fingerprint density at radius 1 is 1.29 bits per heavy atom. The summed E-state index contributed by atoms with van der Waals surface area (Å²) in [6, 6.07) is 3.94. The van der Waals surface area contributed by atoms with Gasteiger partial charge in [-0.1, -0.05) is 6.07 Å². The van der Waals surface area contributed by atoms with Crippen LogP contribution < -0.4 is 4.90 Å². The topological polar surface area (TPSA) is 63.7 Å². The zero-order chi connectivity index (χ0) is 15.8. The van der Waals surface area contributed by atoms with E-state index in [1.165, 1.54) is 18.2 Å². The molecule has 112 valence electrons. The number of carbonyl (C=O) groups is 3. The monoisotopic (exact) mass is 293 g/mol. The van der Waals surface area contributed by atoms with Gasteiger partial charge < -0.3 is 9.64 Å². The predicted octanol–water partition coefficient (Wildman–Crippen LogP) is 2.09. The van der Waals surface area contributed by atoms with E-state index in [0.717, 1.165) is 4.90 Å². The first kappa shape index (κ1) is 15.2. The molecule has 0 N–H and O–H groups in total. The number of anilines is 1. The number of nitrogens with zero attached hydrogens (tertiary/aromatic N) is 1. The maximum absolute atomic E-state index is 13.8. The number of carbonyl (C=O) groups excluding carboxylic acids is 3. The number of para-hydroxylation sites is 1. The van der Waals surface area contributed by atoms with Gasteiger partial charge in [0.15, 0.2) is 0 Å². The smallest absolute Gasteiger partial charge is 0.308 e.